The molecule has 0 aromatic carbocycles. The molecule has 3 nitrogen and oxygen atoms in total. The fraction of sp³-hybridized carbons (Fsp3) is 0.778. The second kappa shape index (κ2) is 7.05. The van der Waals surface area contributed by atoms with Crippen LogP contribution in [0.15, 0.2) is 12.2 Å². The highest BCUT2D eigenvalue weighted by Gasteiger charge is 2.48. The molecule has 0 bridgehead atoms. The third-order valence-electron chi connectivity index (χ3n) is 1.88. The lowest BCUT2D eigenvalue weighted by Gasteiger charge is -2.26. The van der Waals surface area contributed by atoms with E-state index in [2.05, 4.69) is 4.43 Å². The molecule has 0 heterocycles. The van der Waals surface area contributed by atoms with Crippen LogP contribution < -0.4 is 0 Å². The van der Waals surface area contributed by atoms with Gasteiger partial charge in [0.05, 0.1) is 0 Å². The number of unbranched alkanes of at least 4 members (excludes halogenated alkanes) is 1. The van der Waals surface area contributed by atoms with E-state index in [9.17, 15) is 13.2 Å². The summed E-state index contributed by atoms with van der Waals surface area (Å²) >= 11 is 0. The lowest BCUT2D eigenvalue weighted by Crippen LogP contribution is -2.47. The van der Waals surface area contributed by atoms with Crippen molar-refractivity contribution in [3.05, 3.63) is 12.2 Å². The summed E-state index contributed by atoms with van der Waals surface area (Å²) < 4.78 is 49.9. The molecule has 0 rings (SSSR count). The Labute approximate surface area is 94.6 Å². The average molecular weight is 258 g/mol. The predicted molar refractivity (Wildman–Crippen MR) is 55.8 cm³/mol. The Bertz CT molecular complexity index is 215. The molecule has 0 saturated heterocycles. The highest BCUT2D eigenvalue weighted by atomic mass is 28.4. The van der Waals surface area contributed by atoms with Gasteiger partial charge in [0.2, 0.25) is 0 Å². The van der Waals surface area contributed by atoms with Gasteiger partial charge in [0.1, 0.15) is 0 Å². The van der Waals surface area contributed by atoms with Gasteiger partial charge in [0, 0.05) is 20.3 Å². The second-order valence-corrected chi connectivity index (χ2v) is 5.90. The molecule has 0 radical (unpaired) electrons. The van der Waals surface area contributed by atoms with Gasteiger partial charge in [0.15, 0.2) is 0 Å². The van der Waals surface area contributed by atoms with Crippen LogP contribution in [-0.4, -0.2) is 29.4 Å². The normalized spacial score (nSPS) is 13.6. The number of allylic oxidation sites excluding steroid dienone is 2. The second-order valence-electron chi connectivity index (χ2n) is 3.10. The van der Waals surface area contributed by atoms with Crippen LogP contribution in [0.2, 0.25) is 6.04 Å². The van der Waals surface area contributed by atoms with Crippen molar-refractivity contribution in [3.8, 4) is 0 Å². The summed E-state index contributed by atoms with van der Waals surface area (Å²) in [6, 6.07) is 0.0134. The summed E-state index contributed by atoms with van der Waals surface area (Å²) in [7, 11) is -1.32. The third-order valence-corrected chi connectivity index (χ3v) is 4.41. The van der Waals surface area contributed by atoms with Gasteiger partial charge < -0.3 is 8.85 Å². The Hall–Kier alpha value is -0.373. The van der Waals surface area contributed by atoms with E-state index in [-0.39, 0.29) is 6.04 Å². The van der Waals surface area contributed by atoms with Crippen molar-refractivity contribution in [2.24, 2.45) is 0 Å². The zero-order valence-corrected chi connectivity index (χ0v) is 10.6. The zero-order valence-electron chi connectivity index (χ0n) is 9.63. The summed E-state index contributed by atoms with van der Waals surface area (Å²) in [5.74, 6) is 0. The first-order valence-electron chi connectivity index (χ1n) is 4.91. The van der Waals surface area contributed by atoms with Crippen LogP contribution in [0.3, 0.4) is 0 Å². The largest absolute Gasteiger partial charge is 0.516 e. The molecule has 0 N–H and O–H groups in total. The first kappa shape index (κ1) is 15.6. The van der Waals surface area contributed by atoms with Gasteiger partial charge in [-0.1, -0.05) is 25.5 Å². The minimum atomic E-state index is -4.74. The van der Waals surface area contributed by atoms with Crippen molar-refractivity contribution in [2.75, 3.05) is 14.2 Å². The van der Waals surface area contributed by atoms with Crippen LogP contribution in [-0.2, 0) is 13.3 Å². The summed E-state index contributed by atoms with van der Waals surface area (Å²) in [6.45, 7) is 1.98. The highest BCUT2D eigenvalue weighted by Crippen LogP contribution is 2.26. The van der Waals surface area contributed by atoms with Crippen LogP contribution in [0.5, 0.6) is 0 Å². The topological polar surface area (TPSA) is 27.7 Å². The Balaban J connectivity index is 4.44. The first-order chi connectivity index (χ1) is 7.39. The standard InChI is InChI=1S/C9H17F3O3Si/c1-4-5-6-7-8-16(13-2,14-3)15-9(10,11)12/h6-7H,4-5,8H2,1-3H3/b7-6+. The van der Waals surface area contributed by atoms with E-state index < -0.39 is 15.2 Å². The van der Waals surface area contributed by atoms with Crippen LogP contribution in [0.25, 0.3) is 0 Å². The van der Waals surface area contributed by atoms with E-state index in [1.165, 1.54) is 0 Å². The summed E-state index contributed by atoms with van der Waals surface area (Å²) in [5.41, 5.74) is 0. The molecule has 0 aromatic heterocycles. The van der Waals surface area contributed by atoms with Gasteiger partial charge >= 0.3 is 15.2 Å². The lowest BCUT2D eigenvalue weighted by molar-refractivity contribution is -0.295. The van der Waals surface area contributed by atoms with Crippen LogP contribution in [0, 0.1) is 0 Å². The van der Waals surface area contributed by atoms with E-state index in [0.717, 1.165) is 27.1 Å². The van der Waals surface area contributed by atoms with Crippen molar-refractivity contribution in [1.82, 2.24) is 0 Å². The SMILES string of the molecule is CCC/C=C/C[Si](OC)(OC)OC(F)(F)F. The maximum absolute atomic E-state index is 12.1. The number of hydrogen-bond acceptors (Lipinski definition) is 3. The smallest absolute Gasteiger partial charge is 0.377 e. The Kier molecular flexibility index (Phi) is 6.89. The lowest BCUT2D eigenvalue weighted by atomic mass is 10.3. The van der Waals surface area contributed by atoms with Crippen molar-refractivity contribution >= 4 is 8.80 Å². The molecular formula is C9H17F3O3Si. The highest BCUT2D eigenvalue weighted by molar-refractivity contribution is 6.61. The maximum atomic E-state index is 12.1. The monoisotopic (exact) mass is 258 g/mol. The molecule has 0 aliphatic carbocycles. The molecule has 0 aliphatic rings. The molecule has 96 valence electrons. The molecule has 7 heteroatoms. The molecule has 0 atom stereocenters. The Morgan fingerprint density at radius 1 is 1.12 bits per heavy atom. The molecule has 0 aliphatic heterocycles. The Morgan fingerprint density at radius 3 is 2.06 bits per heavy atom. The predicted octanol–water partition coefficient (Wildman–Crippen LogP) is 3.11. The molecule has 0 amide bonds. The van der Waals surface area contributed by atoms with Gasteiger partial charge in [-0.2, -0.15) is 0 Å². The third kappa shape index (κ3) is 6.26. The summed E-state index contributed by atoms with van der Waals surface area (Å²) in [6.07, 6.45) is 0.403. The van der Waals surface area contributed by atoms with E-state index in [4.69, 9.17) is 8.85 Å². The molecule has 0 unspecified atom stereocenters. The quantitative estimate of drug-likeness (QED) is 0.519. The van der Waals surface area contributed by atoms with E-state index in [1.54, 1.807) is 12.2 Å². The van der Waals surface area contributed by atoms with E-state index in [0.29, 0.717) is 0 Å². The molecule has 0 aromatic rings. The number of rotatable bonds is 7. The van der Waals surface area contributed by atoms with Gasteiger partial charge in [-0.05, 0) is 6.42 Å². The Morgan fingerprint density at radius 2 is 1.69 bits per heavy atom. The van der Waals surface area contributed by atoms with Gasteiger partial charge in [-0.15, -0.1) is 13.2 Å². The minimum absolute atomic E-state index is 0.0134. The average Bonchev–Trinajstić information content (AvgIpc) is 2.21. The summed E-state index contributed by atoms with van der Waals surface area (Å²) in [4.78, 5) is 0. The first-order valence-corrected chi connectivity index (χ1v) is 6.84. The van der Waals surface area contributed by atoms with Crippen molar-refractivity contribution in [1.29, 1.82) is 0 Å². The fourth-order valence-electron chi connectivity index (χ4n) is 1.06. The molecule has 16 heavy (non-hydrogen) atoms. The van der Waals surface area contributed by atoms with Crippen molar-refractivity contribution in [2.45, 2.75) is 32.2 Å². The molecular weight excluding hydrogens is 241 g/mol. The van der Waals surface area contributed by atoms with E-state index in [1.807, 2.05) is 6.92 Å². The van der Waals surface area contributed by atoms with Gasteiger partial charge in [-0.25, -0.2) is 0 Å². The maximum Gasteiger partial charge on any atom is 0.516 e. The fourth-order valence-corrected chi connectivity index (χ4v) is 2.62. The zero-order chi connectivity index (χ0) is 12.7. The minimum Gasteiger partial charge on any atom is -0.377 e. The summed E-state index contributed by atoms with van der Waals surface area (Å²) in [5, 5.41) is 0. The van der Waals surface area contributed by atoms with Crippen molar-refractivity contribution in [3.63, 3.8) is 0 Å². The molecule has 0 fully saturated rings. The van der Waals surface area contributed by atoms with Gasteiger partial charge in [-0.3, -0.25) is 4.43 Å². The number of halogens is 3. The number of alkyl halides is 3. The van der Waals surface area contributed by atoms with Crippen LogP contribution >= 0.6 is 0 Å². The van der Waals surface area contributed by atoms with Gasteiger partial charge in [0.25, 0.3) is 0 Å². The van der Waals surface area contributed by atoms with Crippen LogP contribution in [0.4, 0.5) is 13.2 Å². The van der Waals surface area contributed by atoms with Crippen LogP contribution in [0.1, 0.15) is 19.8 Å². The van der Waals surface area contributed by atoms with E-state index >= 15 is 0 Å². The molecule has 0 saturated carbocycles. The molecule has 0 spiro atoms. The van der Waals surface area contributed by atoms with Crippen molar-refractivity contribution < 1.29 is 26.4 Å². The number of hydrogen-bond donors (Lipinski definition) is 0.